The molecule has 1 aliphatic heterocycles. The van der Waals surface area contributed by atoms with Crippen LogP contribution in [0.25, 0.3) is 11.0 Å². The summed E-state index contributed by atoms with van der Waals surface area (Å²) < 4.78 is 12.6. The average Bonchev–Trinajstić information content (AvgIpc) is 3.49. The fourth-order valence-corrected chi connectivity index (χ4v) is 4.53. The van der Waals surface area contributed by atoms with Crippen molar-refractivity contribution >= 4 is 28.7 Å². The zero-order valence-electron chi connectivity index (χ0n) is 21.2. The van der Waals surface area contributed by atoms with Crippen LogP contribution in [0.5, 0.6) is 5.75 Å². The second-order valence-electron chi connectivity index (χ2n) is 9.33. The predicted molar refractivity (Wildman–Crippen MR) is 138 cm³/mol. The van der Waals surface area contributed by atoms with Gasteiger partial charge in [-0.2, -0.15) is 10.1 Å². The number of rotatable bonds is 8. The van der Waals surface area contributed by atoms with Crippen molar-refractivity contribution in [3.63, 3.8) is 0 Å². The standard InChI is InChI=1S/C25H31N9O3/c1-15-10-19(32-37-15)12-27-23-22-20(30-25(26)31-23)13-28-34(22)14-17-5-4-16(11-21(17)36-3)24(35)29-18-6-8-33(2)9-7-18/h4-5,10-11,13,18H,6-9,12,14H2,1-3H3,(H,29,35)(H3,26,27,30,31). The number of methoxy groups -OCH3 is 1. The number of carbonyl (C=O) groups excluding carboxylic acids is 1. The van der Waals surface area contributed by atoms with Crippen molar-refractivity contribution in [3.05, 3.63) is 53.0 Å². The van der Waals surface area contributed by atoms with Gasteiger partial charge in [0.25, 0.3) is 5.91 Å². The molecule has 0 radical (unpaired) electrons. The van der Waals surface area contributed by atoms with E-state index in [1.165, 1.54) is 0 Å². The molecule has 1 fully saturated rings. The Kier molecular flexibility index (Phi) is 6.91. The first kappa shape index (κ1) is 24.5. The number of carbonyl (C=O) groups is 1. The van der Waals surface area contributed by atoms with E-state index in [0.29, 0.717) is 41.3 Å². The van der Waals surface area contributed by atoms with E-state index in [1.54, 1.807) is 24.1 Å². The number of nitrogens with one attached hydrogen (secondary N) is 2. The summed E-state index contributed by atoms with van der Waals surface area (Å²) in [6.07, 6.45) is 3.54. The Bertz CT molecular complexity index is 1410. The average molecular weight is 506 g/mol. The number of fused-ring (bicyclic) bond motifs is 1. The Balaban J connectivity index is 1.36. The second kappa shape index (κ2) is 10.4. The quantitative estimate of drug-likeness (QED) is 0.325. The van der Waals surface area contributed by atoms with E-state index < -0.39 is 0 Å². The normalized spacial score (nSPS) is 14.7. The summed E-state index contributed by atoms with van der Waals surface area (Å²) in [6.45, 7) is 4.58. The molecule has 0 aliphatic carbocycles. The van der Waals surface area contributed by atoms with Crippen molar-refractivity contribution in [3.8, 4) is 5.75 Å². The predicted octanol–water partition coefficient (Wildman–Crippen LogP) is 2.20. The Morgan fingerprint density at radius 2 is 2.05 bits per heavy atom. The third-order valence-corrected chi connectivity index (χ3v) is 6.54. The maximum Gasteiger partial charge on any atom is 0.251 e. The number of benzene rings is 1. The highest BCUT2D eigenvalue weighted by Crippen LogP contribution is 2.26. The summed E-state index contributed by atoms with van der Waals surface area (Å²) in [6, 6.07) is 7.50. The van der Waals surface area contributed by atoms with Crippen molar-refractivity contribution in [2.45, 2.75) is 38.9 Å². The van der Waals surface area contributed by atoms with E-state index in [9.17, 15) is 4.79 Å². The molecule has 1 amide bonds. The van der Waals surface area contributed by atoms with E-state index >= 15 is 0 Å². The molecular formula is C25H31N9O3. The van der Waals surface area contributed by atoms with Crippen LogP contribution in [0.2, 0.25) is 0 Å². The fraction of sp³-hybridized carbons (Fsp3) is 0.400. The minimum absolute atomic E-state index is 0.0950. The topological polar surface area (TPSA) is 149 Å². The van der Waals surface area contributed by atoms with Crippen molar-refractivity contribution in [1.29, 1.82) is 0 Å². The lowest BCUT2D eigenvalue weighted by Gasteiger charge is -2.29. The lowest BCUT2D eigenvalue weighted by atomic mass is 10.0. The molecule has 12 heteroatoms. The Morgan fingerprint density at radius 3 is 2.78 bits per heavy atom. The lowest BCUT2D eigenvalue weighted by Crippen LogP contribution is -2.43. The molecule has 37 heavy (non-hydrogen) atoms. The summed E-state index contributed by atoms with van der Waals surface area (Å²) in [5, 5.41) is 14.9. The number of piperidine rings is 1. The molecule has 12 nitrogen and oxygen atoms in total. The zero-order chi connectivity index (χ0) is 25.9. The number of aromatic nitrogens is 5. The lowest BCUT2D eigenvalue weighted by molar-refractivity contribution is 0.0916. The molecule has 5 rings (SSSR count). The number of amides is 1. The number of hydrogen-bond donors (Lipinski definition) is 3. The molecule has 194 valence electrons. The van der Waals surface area contributed by atoms with Crippen LogP contribution in [-0.2, 0) is 13.1 Å². The van der Waals surface area contributed by atoms with Gasteiger partial charge in [0.05, 0.1) is 26.4 Å². The number of nitrogen functional groups attached to an aromatic ring is 1. The Hall–Kier alpha value is -4.19. The van der Waals surface area contributed by atoms with E-state index in [0.717, 1.165) is 42.9 Å². The second-order valence-corrected chi connectivity index (χ2v) is 9.33. The Labute approximate surface area is 214 Å². The number of nitrogens with zero attached hydrogens (tertiary/aromatic N) is 6. The van der Waals surface area contributed by atoms with Gasteiger partial charge < -0.3 is 30.5 Å². The molecule has 3 aromatic heterocycles. The highest BCUT2D eigenvalue weighted by atomic mass is 16.5. The third-order valence-electron chi connectivity index (χ3n) is 6.54. The number of hydrogen-bond acceptors (Lipinski definition) is 10. The van der Waals surface area contributed by atoms with Gasteiger partial charge in [-0.1, -0.05) is 11.2 Å². The van der Waals surface area contributed by atoms with Crippen LogP contribution in [0, 0.1) is 6.92 Å². The van der Waals surface area contributed by atoms with Crippen LogP contribution in [0.1, 0.15) is 40.2 Å². The van der Waals surface area contributed by atoms with Gasteiger partial charge in [0.15, 0.2) is 5.82 Å². The molecule has 0 spiro atoms. The van der Waals surface area contributed by atoms with Crippen LogP contribution in [0.3, 0.4) is 0 Å². The number of likely N-dealkylation sites (tertiary alicyclic amines) is 1. The molecule has 0 saturated carbocycles. The van der Waals surface area contributed by atoms with E-state index in [2.05, 4.69) is 42.8 Å². The summed E-state index contributed by atoms with van der Waals surface area (Å²) in [5.74, 6) is 1.91. The van der Waals surface area contributed by atoms with Gasteiger partial charge in [-0.15, -0.1) is 0 Å². The first-order chi connectivity index (χ1) is 17.9. The summed E-state index contributed by atoms with van der Waals surface area (Å²) in [4.78, 5) is 23.9. The van der Waals surface area contributed by atoms with Crippen LogP contribution < -0.4 is 21.1 Å². The van der Waals surface area contributed by atoms with Crippen LogP contribution in [0.4, 0.5) is 11.8 Å². The maximum atomic E-state index is 12.9. The van der Waals surface area contributed by atoms with Crippen molar-refractivity contribution in [2.24, 2.45) is 0 Å². The Morgan fingerprint density at radius 1 is 1.24 bits per heavy atom. The van der Waals surface area contributed by atoms with Gasteiger partial charge in [0.1, 0.15) is 28.2 Å². The molecular weight excluding hydrogens is 474 g/mol. The number of nitrogens with two attached hydrogens (primary N) is 1. The van der Waals surface area contributed by atoms with Crippen LogP contribution in [0.15, 0.2) is 35.0 Å². The summed E-state index contributed by atoms with van der Waals surface area (Å²) in [5.41, 5.74) is 9.40. The molecule has 0 bridgehead atoms. The number of ether oxygens (including phenoxy) is 1. The van der Waals surface area contributed by atoms with Gasteiger partial charge in [0, 0.05) is 23.2 Å². The molecule has 4 N–H and O–H groups in total. The van der Waals surface area contributed by atoms with Gasteiger partial charge in [-0.05, 0) is 52.0 Å². The van der Waals surface area contributed by atoms with Crippen LogP contribution in [-0.4, -0.2) is 69.0 Å². The summed E-state index contributed by atoms with van der Waals surface area (Å²) >= 11 is 0. The molecule has 0 unspecified atom stereocenters. The van der Waals surface area contributed by atoms with E-state index in [-0.39, 0.29) is 17.9 Å². The molecule has 1 saturated heterocycles. The van der Waals surface area contributed by atoms with Gasteiger partial charge in [-0.25, -0.2) is 4.98 Å². The molecule has 4 aromatic rings. The number of aryl methyl sites for hydroxylation is 1. The van der Waals surface area contributed by atoms with E-state index in [1.807, 2.05) is 25.1 Å². The molecule has 1 aromatic carbocycles. The van der Waals surface area contributed by atoms with Crippen LogP contribution >= 0.6 is 0 Å². The largest absolute Gasteiger partial charge is 0.496 e. The molecule has 4 heterocycles. The van der Waals surface area contributed by atoms with Crippen molar-refractivity contribution < 1.29 is 14.1 Å². The van der Waals surface area contributed by atoms with Crippen molar-refractivity contribution in [2.75, 3.05) is 38.3 Å². The smallest absolute Gasteiger partial charge is 0.251 e. The minimum Gasteiger partial charge on any atom is -0.496 e. The maximum absolute atomic E-state index is 12.9. The first-order valence-electron chi connectivity index (χ1n) is 12.2. The number of anilines is 2. The fourth-order valence-electron chi connectivity index (χ4n) is 4.53. The minimum atomic E-state index is -0.0950. The summed E-state index contributed by atoms with van der Waals surface area (Å²) in [7, 11) is 3.69. The monoisotopic (exact) mass is 505 g/mol. The van der Waals surface area contributed by atoms with Crippen molar-refractivity contribution in [1.82, 2.24) is 35.1 Å². The molecule has 0 atom stereocenters. The SMILES string of the molecule is COc1cc(C(=O)NC2CCN(C)CC2)ccc1Cn1ncc2nc(N)nc(NCc3cc(C)on3)c21. The van der Waals surface area contributed by atoms with E-state index in [4.69, 9.17) is 15.0 Å². The van der Waals surface area contributed by atoms with Gasteiger partial charge in [-0.3, -0.25) is 9.48 Å². The highest BCUT2D eigenvalue weighted by Gasteiger charge is 2.20. The van der Waals surface area contributed by atoms with Gasteiger partial charge in [0.2, 0.25) is 5.95 Å². The first-order valence-corrected chi connectivity index (χ1v) is 12.2. The highest BCUT2D eigenvalue weighted by molar-refractivity contribution is 5.95. The third kappa shape index (κ3) is 5.48. The molecule has 1 aliphatic rings. The van der Waals surface area contributed by atoms with Gasteiger partial charge >= 0.3 is 0 Å². The zero-order valence-corrected chi connectivity index (χ0v) is 21.2.